The highest BCUT2D eigenvalue weighted by atomic mass is 32.2. The number of halogens is 2. The number of esters is 1. The topological polar surface area (TPSA) is 73.9 Å². The monoisotopic (exact) mass is 365 g/mol. The lowest BCUT2D eigenvalue weighted by Crippen LogP contribution is -2.42. The Kier molecular flexibility index (Phi) is 8.20. The van der Waals surface area contributed by atoms with Gasteiger partial charge in [-0.05, 0) is 39.2 Å². The first-order valence-electron chi connectivity index (χ1n) is 7.29. The zero-order valence-corrected chi connectivity index (χ0v) is 14.5. The molecule has 0 aliphatic heterocycles. The molecule has 0 aromatic heterocycles. The van der Waals surface area contributed by atoms with Gasteiger partial charge in [-0.15, -0.1) is 0 Å². The summed E-state index contributed by atoms with van der Waals surface area (Å²) >= 11 is 0.105. The summed E-state index contributed by atoms with van der Waals surface area (Å²) < 4.78 is 38.4. The number of hydrogen-bond donors (Lipinski definition) is 1. The minimum Gasteiger partial charge on any atom is -0.459 e. The summed E-state index contributed by atoms with van der Waals surface area (Å²) in [5.74, 6) is -0.911. The molecule has 0 aromatic rings. The van der Waals surface area contributed by atoms with Gasteiger partial charge in [0.15, 0.2) is 0 Å². The maximum atomic E-state index is 12.2. The van der Waals surface area contributed by atoms with Gasteiger partial charge >= 0.3 is 18.7 Å². The molecular formula is C15H21F2NO5S. The Morgan fingerprint density at radius 1 is 1.33 bits per heavy atom. The standard InChI is InChI=1S/C15H21F2NO5S/c1-15(2,3)22-14(20)18-11(24-23-13(16)17)12(19)21-9-10-7-5-4-6-8-10/h5,7-8,11,13H,4,6,9H2,1-3H3,(H,18,20). The molecule has 1 rings (SSSR count). The summed E-state index contributed by atoms with van der Waals surface area (Å²) in [5.41, 5.74) is -0.00445. The van der Waals surface area contributed by atoms with Gasteiger partial charge in [0.1, 0.15) is 12.2 Å². The van der Waals surface area contributed by atoms with Crippen LogP contribution in [-0.4, -0.2) is 36.3 Å². The average Bonchev–Trinajstić information content (AvgIpc) is 2.48. The number of carbonyl (C=O) groups excluding carboxylic acids is 2. The smallest absolute Gasteiger partial charge is 0.409 e. The highest BCUT2D eigenvalue weighted by molar-refractivity contribution is 7.96. The van der Waals surface area contributed by atoms with Gasteiger partial charge in [0.2, 0.25) is 5.37 Å². The molecule has 24 heavy (non-hydrogen) atoms. The molecule has 6 nitrogen and oxygen atoms in total. The van der Waals surface area contributed by atoms with Crippen LogP contribution in [0.3, 0.4) is 0 Å². The summed E-state index contributed by atoms with van der Waals surface area (Å²) in [5, 5.41) is 0.678. The van der Waals surface area contributed by atoms with Crippen LogP contribution in [0.25, 0.3) is 0 Å². The van der Waals surface area contributed by atoms with E-state index < -0.39 is 29.6 Å². The van der Waals surface area contributed by atoms with E-state index in [1.807, 2.05) is 18.2 Å². The van der Waals surface area contributed by atoms with Gasteiger partial charge in [-0.3, -0.25) is 5.32 Å². The Hall–Kier alpha value is -1.61. The molecule has 1 aliphatic rings. The van der Waals surface area contributed by atoms with Gasteiger partial charge in [0, 0.05) is 12.0 Å². The number of allylic oxidation sites excluding steroid dienone is 2. The molecule has 0 aromatic carbocycles. The molecule has 1 amide bonds. The Bertz CT molecular complexity index is 503. The van der Waals surface area contributed by atoms with Gasteiger partial charge in [0.25, 0.3) is 0 Å². The fraction of sp³-hybridized carbons (Fsp3) is 0.600. The van der Waals surface area contributed by atoms with E-state index in [4.69, 9.17) is 9.47 Å². The van der Waals surface area contributed by atoms with E-state index in [2.05, 4.69) is 9.50 Å². The fourth-order valence-electron chi connectivity index (χ4n) is 1.64. The van der Waals surface area contributed by atoms with Crippen LogP contribution in [-0.2, 0) is 18.5 Å². The van der Waals surface area contributed by atoms with Crippen LogP contribution in [0.2, 0.25) is 0 Å². The summed E-state index contributed by atoms with van der Waals surface area (Å²) in [7, 11) is 0. The number of rotatable bonds is 7. The highest BCUT2D eigenvalue weighted by Gasteiger charge is 2.28. The SMILES string of the molecule is CC(C)(C)OC(=O)NC(SOC(F)F)C(=O)OCC1=CCCC=C1. The van der Waals surface area contributed by atoms with Crippen molar-refractivity contribution in [2.24, 2.45) is 0 Å². The van der Waals surface area contributed by atoms with Crippen molar-refractivity contribution >= 4 is 24.1 Å². The van der Waals surface area contributed by atoms with E-state index in [0.29, 0.717) is 0 Å². The van der Waals surface area contributed by atoms with E-state index in [1.165, 1.54) is 0 Å². The third kappa shape index (κ3) is 8.88. The van der Waals surface area contributed by atoms with Crippen molar-refractivity contribution in [2.75, 3.05) is 6.61 Å². The lowest BCUT2D eigenvalue weighted by atomic mass is 10.1. The van der Waals surface area contributed by atoms with Crippen LogP contribution in [0.4, 0.5) is 13.6 Å². The van der Waals surface area contributed by atoms with E-state index in [-0.39, 0.29) is 18.6 Å². The van der Waals surface area contributed by atoms with Crippen LogP contribution in [0.1, 0.15) is 33.6 Å². The first kappa shape index (κ1) is 20.4. The van der Waals surface area contributed by atoms with Gasteiger partial charge in [-0.1, -0.05) is 18.2 Å². The second-order valence-electron chi connectivity index (χ2n) is 5.85. The van der Waals surface area contributed by atoms with E-state index in [1.54, 1.807) is 20.8 Å². The molecule has 0 bridgehead atoms. The minimum atomic E-state index is -3.10. The molecule has 0 heterocycles. The second-order valence-corrected chi connectivity index (χ2v) is 6.70. The predicted octanol–water partition coefficient (Wildman–Crippen LogP) is 3.54. The number of alkyl halides is 2. The molecule has 1 unspecified atom stereocenters. The van der Waals surface area contributed by atoms with Crippen molar-refractivity contribution in [3.63, 3.8) is 0 Å². The molecule has 0 spiro atoms. The first-order chi connectivity index (χ1) is 11.2. The molecule has 1 atom stereocenters. The fourth-order valence-corrected chi connectivity index (χ4v) is 2.13. The quantitative estimate of drug-likeness (QED) is 0.423. The third-order valence-electron chi connectivity index (χ3n) is 2.54. The van der Waals surface area contributed by atoms with Crippen LogP contribution < -0.4 is 5.32 Å². The predicted molar refractivity (Wildman–Crippen MR) is 85.3 cm³/mol. The van der Waals surface area contributed by atoms with Crippen molar-refractivity contribution in [1.82, 2.24) is 5.32 Å². The zero-order chi connectivity index (χ0) is 18.2. The molecule has 0 saturated carbocycles. The number of carbonyl (C=O) groups is 2. The normalized spacial score (nSPS) is 15.7. The van der Waals surface area contributed by atoms with Gasteiger partial charge in [-0.2, -0.15) is 8.78 Å². The number of nitrogens with one attached hydrogen (secondary N) is 1. The molecule has 1 N–H and O–H groups in total. The molecular weight excluding hydrogens is 344 g/mol. The zero-order valence-electron chi connectivity index (χ0n) is 13.7. The van der Waals surface area contributed by atoms with Crippen LogP contribution in [0.15, 0.2) is 23.8 Å². The molecule has 0 fully saturated rings. The number of alkyl carbamates (subject to hydrolysis) is 1. The van der Waals surface area contributed by atoms with Crippen LogP contribution in [0.5, 0.6) is 0 Å². The molecule has 0 radical (unpaired) electrons. The van der Waals surface area contributed by atoms with E-state index in [9.17, 15) is 18.4 Å². The van der Waals surface area contributed by atoms with Crippen molar-refractivity contribution in [2.45, 2.75) is 51.2 Å². The Balaban J connectivity index is 2.58. The van der Waals surface area contributed by atoms with Gasteiger partial charge in [-0.25, -0.2) is 13.8 Å². The minimum absolute atomic E-state index is 0.0168. The highest BCUT2D eigenvalue weighted by Crippen LogP contribution is 2.18. The van der Waals surface area contributed by atoms with Crippen molar-refractivity contribution in [1.29, 1.82) is 0 Å². The summed E-state index contributed by atoms with van der Waals surface area (Å²) in [4.78, 5) is 23.7. The Labute approximate surface area is 143 Å². The van der Waals surface area contributed by atoms with Crippen LogP contribution >= 0.6 is 12.0 Å². The lowest BCUT2D eigenvalue weighted by molar-refractivity contribution is -0.142. The van der Waals surface area contributed by atoms with Gasteiger partial charge < -0.3 is 9.47 Å². The summed E-state index contributed by atoms with van der Waals surface area (Å²) in [6.45, 7) is 1.77. The molecule has 0 saturated heterocycles. The van der Waals surface area contributed by atoms with E-state index in [0.717, 1.165) is 18.4 Å². The Morgan fingerprint density at radius 2 is 2.04 bits per heavy atom. The number of amides is 1. The van der Waals surface area contributed by atoms with Gasteiger partial charge in [0.05, 0.1) is 0 Å². The maximum absolute atomic E-state index is 12.2. The number of ether oxygens (including phenoxy) is 2. The largest absolute Gasteiger partial charge is 0.459 e. The molecule has 1 aliphatic carbocycles. The molecule has 9 heteroatoms. The van der Waals surface area contributed by atoms with E-state index >= 15 is 0 Å². The second kappa shape index (κ2) is 9.63. The first-order valence-corrected chi connectivity index (χ1v) is 8.10. The maximum Gasteiger partial charge on any atom is 0.409 e. The average molecular weight is 365 g/mol. The summed E-state index contributed by atoms with van der Waals surface area (Å²) in [6.07, 6.45) is 6.48. The van der Waals surface area contributed by atoms with Crippen molar-refractivity contribution in [3.8, 4) is 0 Å². The third-order valence-corrected chi connectivity index (χ3v) is 3.30. The lowest BCUT2D eigenvalue weighted by Gasteiger charge is -2.22. The van der Waals surface area contributed by atoms with Crippen molar-refractivity contribution in [3.05, 3.63) is 23.8 Å². The molecule has 136 valence electrons. The summed E-state index contributed by atoms with van der Waals surface area (Å²) in [6, 6.07) is 0. The van der Waals surface area contributed by atoms with Crippen LogP contribution in [0, 0.1) is 0 Å². The number of hydrogen-bond acceptors (Lipinski definition) is 6. The van der Waals surface area contributed by atoms with Crippen molar-refractivity contribution < 1.29 is 32.0 Å². The Morgan fingerprint density at radius 3 is 2.58 bits per heavy atom.